The lowest BCUT2D eigenvalue weighted by Gasteiger charge is -2.25. The highest BCUT2D eigenvalue weighted by Gasteiger charge is 2.32. The SMILES string of the molecule is C[C@H](NC(=O)[C@@](C)(N)COC(=O)c1ccccc1)C(=O)OCc1ccccc1. The molecule has 1 amide bonds. The van der Waals surface area contributed by atoms with Crippen molar-refractivity contribution in [1.29, 1.82) is 0 Å². The van der Waals surface area contributed by atoms with Crippen molar-refractivity contribution in [2.24, 2.45) is 5.73 Å². The van der Waals surface area contributed by atoms with Gasteiger partial charge >= 0.3 is 11.9 Å². The molecular weight excluding hydrogens is 360 g/mol. The van der Waals surface area contributed by atoms with E-state index in [1.807, 2.05) is 30.3 Å². The molecule has 0 saturated carbocycles. The molecule has 2 aromatic rings. The van der Waals surface area contributed by atoms with Gasteiger partial charge in [0.25, 0.3) is 0 Å². The van der Waals surface area contributed by atoms with E-state index < -0.39 is 29.4 Å². The standard InChI is InChI=1S/C21H24N2O5/c1-15(18(24)27-13-16-9-5-3-6-10-16)23-20(26)21(2,22)14-28-19(25)17-11-7-4-8-12-17/h3-12,15H,13-14,22H2,1-2H3,(H,23,26)/t15-,21-/m0/s1. The monoisotopic (exact) mass is 384 g/mol. The molecule has 0 aliphatic rings. The minimum absolute atomic E-state index is 0.106. The van der Waals surface area contributed by atoms with E-state index in [2.05, 4.69) is 5.32 Å². The molecule has 7 nitrogen and oxygen atoms in total. The molecule has 0 aromatic heterocycles. The maximum absolute atomic E-state index is 12.4. The maximum atomic E-state index is 12.4. The summed E-state index contributed by atoms with van der Waals surface area (Å²) in [6, 6.07) is 16.7. The highest BCUT2D eigenvalue weighted by Crippen LogP contribution is 2.07. The molecule has 0 aliphatic carbocycles. The Bertz CT molecular complexity index is 806. The molecule has 3 N–H and O–H groups in total. The second-order valence-electron chi connectivity index (χ2n) is 6.65. The Hall–Kier alpha value is -3.19. The van der Waals surface area contributed by atoms with Crippen molar-refractivity contribution in [3.63, 3.8) is 0 Å². The normalized spacial score (nSPS) is 13.7. The summed E-state index contributed by atoms with van der Waals surface area (Å²) in [6.07, 6.45) is 0. The third kappa shape index (κ3) is 6.21. The van der Waals surface area contributed by atoms with Crippen molar-refractivity contribution in [3.05, 3.63) is 71.8 Å². The Labute approximate surface area is 163 Å². The van der Waals surface area contributed by atoms with Gasteiger partial charge in [0.15, 0.2) is 0 Å². The number of carbonyl (C=O) groups excluding carboxylic acids is 3. The summed E-state index contributed by atoms with van der Waals surface area (Å²) < 4.78 is 10.3. The fourth-order valence-corrected chi connectivity index (χ4v) is 2.21. The summed E-state index contributed by atoms with van der Waals surface area (Å²) >= 11 is 0. The molecule has 2 aromatic carbocycles. The highest BCUT2D eigenvalue weighted by molar-refractivity contribution is 5.92. The molecule has 0 heterocycles. The van der Waals surface area contributed by atoms with E-state index in [1.165, 1.54) is 13.8 Å². The van der Waals surface area contributed by atoms with Crippen molar-refractivity contribution < 1.29 is 23.9 Å². The van der Waals surface area contributed by atoms with E-state index in [1.54, 1.807) is 30.3 Å². The number of rotatable bonds is 8. The summed E-state index contributed by atoms with van der Waals surface area (Å²) in [5.74, 6) is -1.80. The number of benzene rings is 2. The Balaban J connectivity index is 1.82. The van der Waals surface area contributed by atoms with Gasteiger partial charge in [-0.25, -0.2) is 9.59 Å². The molecule has 0 fully saturated rings. The second kappa shape index (κ2) is 9.66. The van der Waals surface area contributed by atoms with E-state index in [0.717, 1.165) is 5.56 Å². The van der Waals surface area contributed by atoms with Gasteiger partial charge < -0.3 is 20.5 Å². The molecule has 0 unspecified atom stereocenters. The first-order chi connectivity index (χ1) is 13.3. The van der Waals surface area contributed by atoms with Crippen LogP contribution in [0.15, 0.2) is 60.7 Å². The fraction of sp³-hybridized carbons (Fsp3) is 0.286. The number of nitrogens with one attached hydrogen (secondary N) is 1. The zero-order valence-corrected chi connectivity index (χ0v) is 15.9. The first-order valence-corrected chi connectivity index (χ1v) is 8.82. The Morgan fingerprint density at radius 1 is 1.00 bits per heavy atom. The molecule has 0 radical (unpaired) electrons. The molecule has 0 saturated heterocycles. The van der Waals surface area contributed by atoms with E-state index >= 15 is 0 Å². The van der Waals surface area contributed by atoms with Crippen LogP contribution in [0.4, 0.5) is 0 Å². The van der Waals surface area contributed by atoms with Crippen molar-refractivity contribution in [2.75, 3.05) is 6.61 Å². The van der Waals surface area contributed by atoms with Crippen LogP contribution in [-0.4, -0.2) is 36.0 Å². The van der Waals surface area contributed by atoms with Gasteiger partial charge in [0, 0.05) is 0 Å². The van der Waals surface area contributed by atoms with Crippen LogP contribution in [0.1, 0.15) is 29.8 Å². The van der Waals surface area contributed by atoms with Gasteiger partial charge in [0.1, 0.15) is 24.8 Å². The molecule has 2 atom stereocenters. The summed E-state index contributed by atoms with van der Waals surface area (Å²) in [7, 11) is 0. The summed E-state index contributed by atoms with van der Waals surface area (Å²) in [5, 5.41) is 2.49. The summed E-state index contributed by atoms with van der Waals surface area (Å²) in [4.78, 5) is 36.4. The minimum atomic E-state index is -1.50. The zero-order chi connectivity index (χ0) is 20.6. The number of hydrogen-bond acceptors (Lipinski definition) is 6. The first kappa shape index (κ1) is 21.1. The van der Waals surface area contributed by atoms with Gasteiger partial charge in [-0.2, -0.15) is 0 Å². The van der Waals surface area contributed by atoms with Crippen molar-refractivity contribution >= 4 is 17.8 Å². The second-order valence-corrected chi connectivity index (χ2v) is 6.65. The Kier molecular flexibility index (Phi) is 7.28. The Morgan fingerprint density at radius 2 is 1.57 bits per heavy atom. The van der Waals surface area contributed by atoms with Gasteiger partial charge in [0.05, 0.1) is 5.56 Å². The molecule has 0 aliphatic heterocycles. The summed E-state index contributed by atoms with van der Waals surface area (Å²) in [5.41, 5.74) is 5.65. The smallest absolute Gasteiger partial charge is 0.338 e. The minimum Gasteiger partial charge on any atom is -0.460 e. The number of nitrogens with two attached hydrogens (primary N) is 1. The maximum Gasteiger partial charge on any atom is 0.338 e. The number of esters is 2. The molecule has 0 spiro atoms. The van der Waals surface area contributed by atoms with Crippen molar-refractivity contribution in [1.82, 2.24) is 5.32 Å². The van der Waals surface area contributed by atoms with Crippen LogP contribution in [0.3, 0.4) is 0 Å². The number of ether oxygens (including phenoxy) is 2. The quantitative estimate of drug-likeness (QED) is 0.672. The van der Waals surface area contributed by atoms with E-state index in [-0.39, 0.29) is 13.2 Å². The largest absolute Gasteiger partial charge is 0.460 e. The predicted octanol–water partition coefficient (Wildman–Crippen LogP) is 1.81. The molecule has 0 bridgehead atoms. The molecule has 28 heavy (non-hydrogen) atoms. The van der Waals surface area contributed by atoms with Crippen LogP contribution in [-0.2, 0) is 25.7 Å². The molecule has 148 valence electrons. The van der Waals surface area contributed by atoms with E-state index in [4.69, 9.17) is 15.2 Å². The van der Waals surface area contributed by atoms with Crippen LogP contribution in [0.25, 0.3) is 0 Å². The summed E-state index contributed by atoms with van der Waals surface area (Å²) in [6.45, 7) is 2.69. The van der Waals surface area contributed by atoms with Gasteiger partial charge in [-0.3, -0.25) is 4.79 Å². The molecule has 7 heteroatoms. The van der Waals surface area contributed by atoms with Crippen LogP contribution < -0.4 is 11.1 Å². The van der Waals surface area contributed by atoms with Crippen molar-refractivity contribution in [3.8, 4) is 0 Å². The van der Waals surface area contributed by atoms with E-state index in [0.29, 0.717) is 5.56 Å². The fourth-order valence-electron chi connectivity index (χ4n) is 2.21. The van der Waals surface area contributed by atoms with Crippen LogP contribution in [0, 0.1) is 0 Å². The van der Waals surface area contributed by atoms with Crippen LogP contribution >= 0.6 is 0 Å². The third-order valence-electron chi connectivity index (χ3n) is 3.96. The number of carbonyl (C=O) groups is 3. The molecule has 2 rings (SSSR count). The van der Waals surface area contributed by atoms with Gasteiger partial charge in [-0.05, 0) is 31.5 Å². The molecular formula is C21H24N2O5. The average Bonchev–Trinajstić information content (AvgIpc) is 2.71. The lowest BCUT2D eigenvalue weighted by molar-refractivity contribution is -0.149. The lowest BCUT2D eigenvalue weighted by atomic mass is 10.0. The highest BCUT2D eigenvalue weighted by atomic mass is 16.5. The van der Waals surface area contributed by atoms with E-state index in [9.17, 15) is 14.4 Å². The topological polar surface area (TPSA) is 108 Å². The lowest BCUT2D eigenvalue weighted by Crippen LogP contribution is -2.58. The number of hydrogen-bond donors (Lipinski definition) is 2. The third-order valence-corrected chi connectivity index (χ3v) is 3.96. The first-order valence-electron chi connectivity index (χ1n) is 8.82. The zero-order valence-electron chi connectivity index (χ0n) is 15.9. The van der Waals surface area contributed by atoms with Crippen LogP contribution in [0.2, 0.25) is 0 Å². The number of amides is 1. The average molecular weight is 384 g/mol. The van der Waals surface area contributed by atoms with Crippen LogP contribution in [0.5, 0.6) is 0 Å². The predicted molar refractivity (Wildman–Crippen MR) is 103 cm³/mol. The van der Waals surface area contributed by atoms with Crippen molar-refractivity contribution in [2.45, 2.75) is 32.0 Å². The Morgan fingerprint density at radius 3 is 2.18 bits per heavy atom. The van der Waals surface area contributed by atoms with Gasteiger partial charge in [-0.15, -0.1) is 0 Å². The van der Waals surface area contributed by atoms with Gasteiger partial charge in [-0.1, -0.05) is 48.5 Å². The van der Waals surface area contributed by atoms with Gasteiger partial charge in [0.2, 0.25) is 5.91 Å².